The van der Waals surface area contributed by atoms with Crippen molar-refractivity contribution in [2.75, 3.05) is 0 Å². The van der Waals surface area contributed by atoms with Crippen LogP contribution in [0.1, 0.15) is 26.3 Å². The van der Waals surface area contributed by atoms with E-state index in [0.29, 0.717) is 5.56 Å². The topological polar surface area (TPSA) is 118 Å². The summed E-state index contributed by atoms with van der Waals surface area (Å²) in [5.41, 5.74) is 5.03. The zero-order chi connectivity index (χ0) is 17.9. The van der Waals surface area contributed by atoms with Crippen molar-refractivity contribution in [3.63, 3.8) is 0 Å². The monoisotopic (exact) mass is 367 g/mol. The van der Waals surface area contributed by atoms with Crippen molar-refractivity contribution >= 4 is 33.4 Å². The maximum absolute atomic E-state index is 12.1. The second-order valence-electron chi connectivity index (χ2n) is 4.91. The molecule has 0 spiro atoms. The molecule has 0 saturated carbocycles. The van der Waals surface area contributed by atoms with Gasteiger partial charge < -0.3 is 0 Å². The predicted molar refractivity (Wildman–Crippen MR) is 88.9 cm³/mol. The smallest absolute Gasteiger partial charge is 0.267 e. The van der Waals surface area contributed by atoms with Crippen LogP contribution in [0.25, 0.3) is 0 Å². The lowest BCUT2D eigenvalue weighted by molar-refractivity contribution is 0.0846. The number of carbonyl (C=O) groups excluding carboxylic acids is 2. The molecule has 2 aromatic rings. The van der Waals surface area contributed by atoms with Crippen molar-refractivity contribution in [1.29, 1.82) is 0 Å². The number of rotatable bonds is 3. The number of nitrogens with two attached hydrogens (primary N) is 1. The number of nitrogens with one attached hydrogen (secondary N) is 2. The first-order chi connectivity index (χ1) is 11.2. The number of hydrogen-bond acceptors (Lipinski definition) is 4. The summed E-state index contributed by atoms with van der Waals surface area (Å²) in [7, 11) is -3.95. The Morgan fingerprint density at radius 1 is 1.04 bits per heavy atom. The van der Waals surface area contributed by atoms with Crippen LogP contribution < -0.4 is 16.0 Å². The molecule has 0 unspecified atom stereocenters. The van der Waals surface area contributed by atoms with Crippen molar-refractivity contribution in [2.45, 2.75) is 11.8 Å². The molecule has 24 heavy (non-hydrogen) atoms. The average molecular weight is 368 g/mol. The van der Waals surface area contributed by atoms with E-state index in [2.05, 4.69) is 10.9 Å². The van der Waals surface area contributed by atoms with Crippen LogP contribution in [0, 0.1) is 6.92 Å². The molecule has 7 nitrogen and oxygen atoms in total. The third-order valence-electron chi connectivity index (χ3n) is 3.16. The second kappa shape index (κ2) is 7.00. The van der Waals surface area contributed by atoms with Gasteiger partial charge >= 0.3 is 0 Å². The Balaban J connectivity index is 2.14. The fourth-order valence-electron chi connectivity index (χ4n) is 1.95. The van der Waals surface area contributed by atoms with Crippen LogP contribution in [0.5, 0.6) is 0 Å². The Morgan fingerprint density at radius 2 is 1.67 bits per heavy atom. The van der Waals surface area contributed by atoms with Crippen molar-refractivity contribution < 1.29 is 18.0 Å². The molecule has 0 fully saturated rings. The summed E-state index contributed by atoms with van der Waals surface area (Å²) >= 11 is 5.89. The average Bonchev–Trinajstić information content (AvgIpc) is 2.52. The number of aryl methyl sites for hydroxylation is 1. The van der Waals surface area contributed by atoms with Gasteiger partial charge in [0.1, 0.15) is 0 Å². The third kappa shape index (κ3) is 4.10. The SMILES string of the molecule is Cc1ccc(C(=O)NNC(=O)c2ccccc2Cl)cc1S(N)(=O)=O. The van der Waals surface area contributed by atoms with E-state index in [1.807, 2.05) is 0 Å². The predicted octanol–water partition coefficient (Wildman–Crippen LogP) is 1.37. The maximum Gasteiger partial charge on any atom is 0.271 e. The quantitative estimate of drug-likeness (QED) is 0.710. The third-order valence-corrected chi connectivity index (χ3v) is 4.55. The van der Waals surface area contributed by atoms with E-state index in [1.54, 1.807) is 19.1 Å². The molecule has 2 amide bonds. The standard InChI is InChI=1S/C15H14ClN3O4S/c1-9-6-7-10(8-13(9)24(17,22)23)14(20)18-19-15(21)11-4-2-3-5-12(11)16/h2-8H,1H3,(H,18,20)(H,19,21)(H2,17,22,23). The summed E-state index contributed by atoms with van der Waals surface area (Å²) in [6.45, 7) is 1.56. The molecule has 4 N–H and O–H groups in total. The fourth-order valence-corrected chi connectivity index (χ4v) is 2.98. The molecule has 0 atom stereocenters. The molecule has 0 bridgehead atoms. The number of amides is 2. The number of hydrogen-bond donors (Lipinski definition) is 3. The van der Waals surface area contributed by atoms with Crippen molar-refractivity contribution in [2.24, 2.45) is 5.14 Å². The highest BCUT2D eigenvalue weighted by atomic mass is 35.5. The zero-order valence-corrected chi connectivity index (χ0v) is 14.1. The van der Waals surface area contributed by atoms with Crippen LogP contribution >= 0.6 is 11.6 Å². The van der Waals surface area contributed by atoms with Gasteiger partial charge in [0.25, 0.3) is 11.8 Å². The Hall–Kier alpha value is -2.42. The molecule has 9 heteroatoms. The largest absolute Gasteiger partial charge is 0.271 e. The molecule has 0 saturated heterocycles. The van der Waals surface area contributed by atoms with E-state index >= 15 is 0 Å². The minimum Gasteiger partial charge on any atom is -0.267 e. The molecule has 0 aliphatic rings. The van der Waals surface area contributed by atoms with Crippen molar-refractivity contribution in [3.8, 4) is 0 Å². The summed E-state index contributed by atoms with van der Waals surface area (Å²) in [6, 6.07) is 10.3. The first-order valence-electron chi connectivity index (χ1n) is 6.69. The Bertz CT molecular complexity index is 913. The lowest BCUT2D eigenvalue weighted by atomic mass is 10.1. The van der Waals surface area contributed by atoms with Gasteiger partial charge in [-0.25, -0.2) is 13.6 Å². The van der Waals surface area contributed by atoms with E-state index in [9.17, 15) is 18.0 Å². The lowest BCUT2D eigenvalue weighted by Gasteiger charge is -2.10. The molecular formula is C15H14ClN3O4S. The molecule has 2 rings (SSSR count). The van der Waals surface area contributed by atoms with Crippen LogP contribution in [0.3, 0.4) is 0 Å². The summed E-state index contributed by atoms with van der Waals surface area (Å²) in [6.07, 6.45) is 0. The Kier molecular flexibility index (Phi) is 5.23. The highest BCUT2D eigenvalue weighted by Crippen LogP contribution is 2.16. The van der Waals surface area contributed by atoms with E-state index in [0.717, 1.165) is 6.07 Å². The fraction of sp³-hybridized carbons (Fsp3) is 0.0667. The Morgan fingerprint density at radius 3 is 2.29 bits per heavy atom. The van der Waals surface area contributed by atoms with Gasteiger partial charge in [0.15, 0.2) is 0 Å². The number of primary sulfonamides is 1. The lowest BCUT2D eigenvalue weighted by Crippen LogP contribution is -2.41. The molecule has 0 heterocycles. The van der Waals surface area contributed by atoms with Crippen LogP contribution in [0.15, 0.2) is 47.4 Å². The van der Waals surface area contributed by atoms with E-state index in [-0.39, 0.29) is 21.0 Å². The summed E-state index contributed by atoms with van der Waals surface area (Å²) in [5, 5.41) is 5.33. The van der Waals surface area contributed by atoms with E-state index in [4.69, 9.17) is 16.7 Å². The first kappa shape index (κ1) is 17.9. The minimum atomic E-state index is -3.95. The normalized spacial score (nSPS) is 11.0. The van der Waals surface area contributed by atoms with Crippen molar-refractivity contribution in [1.82, 2.24) is 10.9 Å². The van der Waals surface area contributed by atoms with Gasteiger partial charge in [0, 0.05) is 5.56 Å². The molecule has 2 aromatic carbocycles. The first-order valence-corrected chi connectivity index (χ1v) is 8.61. The van der Waals surface area contributed by atoms with Gasteiger partial charge in [0.05, 0.1) is 15.5 Å². The highest BCUT2D eigenvalue weighted by molar-refractivity contribution is 7.89. The van der Waals surface area contributed by atoms with Crippen LogP contribution in [0.4, 0.5) is 0 Å². The molecule has 0 aliphatic heterocycles. The molecule has 0 aliphatic carbocycles. The van der Waals surface area contributed by atoms with E-state index < -0.39 is 21.8 Å². The highest BCUT2D eigenvalue weighted by Gasteiger charge is 2.16. The second-order valence-corrected chi connectivity index (χ2v) is 6.85. The van der Waals surface area contributed by atoms with Gasteiger partial charge in [-0.2, -0.15) is 0 Å². The van der Waals surface area contributed by atoms with Gasteiger partial charge in [0.2, 0.25) is 10.0 Å². The summed E-state index contributed by atoms with van der Waals surface area (Å²) in [4.78, 5) is 23.9. The molecular weight excluding hydrogens is 354 g/mol. The van der Waals surface area contributed by atoms with Gasteiger partial charge in [-0.05, 0) is 36.8 Å². The minimum absolute atomic E-state index is 0.0316. The Labute approximate surface area is 143 Å². The van der Waals surface area contributed by atoms with Gasteiger partial charge in [-0.15, -0.1) is 0 Å². The zero-order valence-electron chi connectivity index (χ0n) is 12.5. The number of halogens is 1. The van der Waals surface area contributed by atoms with Gasteiger partial charge in [-0.1, -0.05) is 29.8 Å². The van der Waals surface area contributed by atoms with Crippen LogP contribution in [-0.2, 0) is 10.0 Å². The summed E-state index contributed by atoms with van der Waals surface area (Å²) < 4.78 is 23.0. The molecule has 126 valence electrons. The molecule has 0 aromatic heterocycles. The maximum atomic E-state index is 12.1. The van der Waals surface area contributed by atoms with Crippen molar-refractivity contribution in [3.05, 3.63) is 64.2 Å². The van der Waals surface area contributed by atoms with Crippen LogP contribution in [0.2, 0.25) is 5.02 Å². The number of carbonyl (C=O) groups is 2. The number of hydrazine groups is 1. The van der Waals surface area contributed by atoms with Gasteiger partial charge in [-0.3, -0.25) is 20.4 Å². The molecule has 0 radical (unpaired) electrons. The van der Waals surface area contributed by atoms with E-state index in [1.165, 1.54) is 24.3 Å². The van der Waals surface area contributed by atoms with Crippen LogP contribution in [-0.4, -0.2) is 20.2 Å². The summed E-state index contributed by atoms with van der Waals surface area (Å²) in [5.74, 6) is -1.30. The number of sulfonamides is 1. The number of benzene rings is 2.